The summed E-state index contributed by atoms with van der Waals surface area (Å²) in [6.45, 7) is 0.822. The van der Waals surface area contributed by atoms with Gasteiger partial charge in [-0.25, -0.2) is 4.98 Å². The molecule has 1 aromatic heterocycles. The molecule has 2 N–H and O–H groups in total. The highest BCUT2D eigenvalue weighted by molar-refractivity contribution is 7.99. The van der Waals surface area contributed by atoms with Crippen LogP contribution in [0.4, 0.5) is 0 Å². The summed E-state index contributed by atoms with van der Waals surface area (Å²) in [5.74, 6) is 0.681. The Bertz CT molecular complexity index is 311. The van der Waals surface area contributed by atoms with E-state index in [0.29, 0.717) is 11.2 Å². The number of aryl methyl sites for hydroxylation is 1. The van der Waals surface area contributed by atoms with Gasteiger partial charge in [0.1, 0.15) is 0 Å². The lowest BCUT2D eigenvalue weighted by Crippen LogP contribution is -2.29. The molecule has 0 aliphatic heterocycles. The van der Waals surface area contributed by atoms with Gasteiger partial charge in [-0.3, -0.25) is 0 Å². The van der Waals surface area contributed by atoms with E-state index < -0.39 is 0 Å². The first kappa shape index (κ1) is 11.0. The predicted molar refractivity (Wildman–Crippen MR) is 63.9 cm³/mol. The number of hydrogen-bond acceptors (Lipinski definition) is 3. The summed E-state index contributed by atoms with van der Waals surface area (Å²) in [6, 6.07) is 0. The monoisotopic (exact) mass is 225 g/mol. The van der Waals surface area contributed by atoms with Gasteiger partial charge in [-0.1, -0.05) is 24.6 Å². The Hall–Kier alpha value is -0.480. The van der Waals surface area contributed by atoms with Gasteiger partial charge in [0.2, 0.25) is 0 Å². The quantitative estimate of drug-likeness (QED) is 0.856. The van der Waals surface area contributed by atoms with E-state index in [-0.39, 0.29) is 0 Å². The zero-order chi connectivity index (χ0) is 10.7. The number of nitrogens with two attached hydrogens (primary N) is 1. The molecule has 0 radical (unpaired) electrons. The van der Waals surface area contributed by atoms with E-state index in [1.807, 2.05) is 24.2 Å². The van der Waals surface area contributed by atoms with Crippen LogP contribution >= 0.6 is 11.8 Å². The summed E-state index contributed by atoms with van der Waals surface area (Å²) in [4.78, 5) is 4.36. The molecule has 84 valence electrons. The molecule has 0 aromatic carbocycles. The van der Waals surface area contributed by atoms with Crippen molar-refractivity contribution in [2.24, 2.45) is 18.7 Å². The molecular weight excluding hydrogens is 206 g/mol. The topological polar surface area (TPSA) is 43.8 Å². The van der Waals surface area contributed by atoms with Crippen LogP contribution in [0.15, 0.2) is 17.6 Å². The van der Waals surface area contributed by atoms with Gasteiger partial charge in [0.05, 0.1) is 0 Å². The minimum absolute atomic E-state index is 0.671. The first-order valence-electron chi connectivity index (χ1n) is 5.65. The second-order valence-corrected chi connectivity index (χ2v) is 5.46. The Kier molecular flexibility index (Phi) is 3.70. The molecule has 4 heteroatoms. The summed E-state index contributed by atoms with van der Waals surface area (Å²) in [6.07, 6.45) is 9.14. The molecule has 0 spiro atoms. The maximum absolute atomic E-state index is 5.82. The van der Waals surface area contributed by atoms with Crippen LogP contribution in [0.2, 0.25) is 0 Å². The molecule has 0 saturated heterocycles. The van der Waals surface area contributed by atoms with Crippen molar-refractivity contribution in [1.29, 1.82) is 0 Å². The van der Waals surface area contributed by atoms with E-state index in [1.165, 1.54) is 25.7 Å². The molecule has 2 atom stereocenters. The Balaban J connectivity index is 2.00. The number of nitrogens with zero attached hydrogens (tertiary/aromatic N) is 2. The Morgan fingerprint density at radius 2 is 2.33 bits per heavy atom. The number of rotatable bonds is 3. The van der Waals surface area contributed by atoms with Gasteiger partial charge in [-0.15, -0.1) is 0 Å². The van der Waals surface area contributed by atoms with Crippen LogP contribution in [0.5, 0.6) is 0 Å². The molecule has 2 rings (SSSR count). The van der Waals surface area contributed by atoms with Gasteiger partial charge in [0.15, 0.2) is 5.16 Å². The van der Waals surface area contributed by atoms with Crippen LogP contribution in [0, 0.1) is 5.92 Å². The molecule has 3 nitrogen and oxygen atoms in total. The number of imidazole rings is 1. The Labute approximate surface area is 95.4 Å². The van der Waals surface area contributed by atoms with Crippen molar-refractivity contribution >= 4 is 11.8 Å². The smallest absolute Gasteiger partial charge is 0.167 e. The van der Waals surface area contributed by atoms with Crippen LogP contribution in [-0.4, -0.2) is 21.3 Å². The van der Waals surface area contributed by atoms with E-state index in [2.05, 4.69) is 16.6 Å². The number of thioether (sulfide) groups is 1. The zero-order valence-corrected chi connectivity index (χ0v) is 10.0. The van der Waals surface area contributed by atoms with Gasteiger partial charge in [-0.2, -0.15) is 0 Å². The molecule has 1 fully saturated rings. The first-order chi connectivity index (χ1) is 7.31. The molecule has 15 heavy (non-hydrogen) atoms. The summed E-state index contributed by atoms with van der Waals surface area (Å²) in [5.41, 5.74) is 5.82. The summed E-state index contributed by atoms with van der Waals surface area (Å²) >= 11 is 1.90. The molecule has 1 aromatic rings. The van der Waals surface area contributed by atoms with Crippen molar-refractivity contribution in [2.45, 2.75) is 36.1 Å². The van der Waals surface area contributed by atoms with E-state index in [9.17, 15) is 0 Å². The molecule has 1 aliphatic rings. The summed E-state index contributed by atoms with van der Waals surface area (Å²) in [5, 5.41) is 1.80. The van der Waals surface area contributed by atoms with Crippen molar-refractivity contribution in [2.75, 3.05) is 6.54 Å². The van der Waals surface area contributed by atoms with Crippen LogP contribution in [0.25, 0.3) is 0 Å². The highest BCUT2D eigenvalue weighted by Gasteiger charge is 2.25. The third kappa shape index (κ3) is 2.55. The van der Waals surface area contributed by atoms with Gasteiger partial charge >= 0.3 is 0 Å². The van der Waals surface area contributed by atoms with Gasteiger partial charge in [-0.05, 0) is 25.3 Å². The van der Waals surface area contributed by atoms with E-state index >= 15 is 0 Å². The molecule has 0 bridgehead atoms. The third-order valence-corrected chi connectivity index (χ3v) is 4.70. The molecule has 0 amide bonds. The average Bonchev–Trinajstić information content (AvgIpc) is 2.65. The SMILES string of the molecule is Cn1ccnc1SC1CCCCC1CN. The number of aromatic nitrogens is 2. The molecule has 1 heterocycles. The lowest BCUT2D eigenvalue weighted by Gasteiger charge is -2.29. The molecular formula is C11H19N3S. The van der Waals surface area contributed by atoms with Gasteiger partial charge in [0, 0.05) is 24.7 Å². The minimum Gasteiger partial charge on any atom is -0.330 e. The standard InChI is InChI=1S/C11H19N3S/c1-14-7-6-13-11(14)15-10-5-3-2-4-9(10)8-12/h6-7,9-10H,2-5,8,12H2,1H3. The van der Waals surface area contributed by atoms with E-state index in [4.69, 9.17) is 5.73 Å². The van der Waals surface area contributed by atoms with Crippen LogP contribution < -0.4 is 5.73 Å². The second kappa shape index (κ2) is 5.03. The highest BCUT2D eigenvalue weighted by atomic mass is 32.2. The lowest BCUT2D eigenvalue weighted by atomic mass is 9.89. The van der Waals surface area contributed by atoms with Crippen LogP contribution in [0.1, 0.15) is 25.7 Å². The van der Waals surface area contributed by atoms with Crippen LogP contribution in [0.3, 0.4) is 0 Å². The maximum Gasteiger partial charge on any atom is 0.167 e. The fourth-order valence-electron chi connectivity index (χ4n) is 2.20. The van der Waals surface area contributed by atoms with Crippen molar-refractivity contribution in [3.63, 3.8) is 0 Å². The lowest BCUT2D eigenvalue weighted by molar-refractivity contribution is 0.377. The highest BCUT2D eigenvalue weighted by Crippen LogP contribution is 2.36. The van der Waals surface area contributed by atoms with E-state index in [1.54, 1.807) is 0 Å². The van der Waals surface area contributed by atoms with Crippen molar-refractivity contribution in [3.05, 3.63) is 12.4 Å². The molecule has 1 saturated carbocycles. The van der Waals surface area contributed by atoms with Crippen molar-refractivity contribution in [3.8, 4) is 0 Å². The summed E-state index contributed by atoms with van der Waals surface area (Å²) in [7, 11) is 2.05. The average molecular weight is 225 g/mol. The summed E-state index contributed by atoms with van der Waals surface area (Å²) < 4.78 is 2.09. The maximum atomic E-state index is 5.82. The Morgan fingerprint density at radius 3 is 3.00 bits per heavy atom. The zero-order valence-electron chi connectivity index (χ0n) is 9.22. The molecule has 1 aliphatic carbocycles. The predicted octanol–water partition coefficient (Wildman–Crippen LogP) is 2.03. The molecule has 2 unspecified atom stereocenters. The third-order valence-electron chi connectivity index (χ3n) is 3.18. The fourth-order valence-corrected chi connectivity index (χ4v) is 3.54. The van der Waals surface area contributed by atoms with Gasteiger partial charge in [0.25, 0.3) is 0 Å². The van der Waals surface area contributed by atoms with Gasteiger partial charge < -0.3 is 10.3 Å². The Morgan fingerprint density at radius 1 is 1.53 bits per heavy atom. The number of hydrogen-bond donors (Lipinski definition) is 1. The normalized spacial score (nSPS) is 26.8. The van der Waals surface area contributed by atoms with Crippen molar-refractivity contribution < 1.29 is 0 Å². The second-order valence-electron chi connectivity index (χ2n) is 4.26. The first-order valence-corrected chi connectivity index (χ1v) is 6.53. The van der Waals surface area contributed by atoms with Crippen molar-refractivity contribution in [1.82, 2.24) is 9.55 Å². The fraction of sp³-hybridized carbons (Fsp3) is 0.727. The van der Waals surface area contributed by atoms with Crippen LogP contribution in [-0.2, 0) is 7.05 Å². The minimum atomic E-state index is 0.671. The van der Waals surface area contributed by atoms with E-state index in [0.717, 1.165) is 11.7 Å². The largest absolute Gasteiger partial charge is 0.330 e.